The normalized spacial score (nSPS) is 26.8. The molecule has 1 aliphatic rings. The summed E-state index contributed by atoms with van der Waals surface area (Å²) in [6, 6.07) is 9.83. The molecule has 132 valence electrons. The molecule has 2 aromatic rings. The Balaban J connectivity index is 2.01. The van der Waals surface area contributed by atoms with Crippen LogP contribution in [0.15, 0.2) is 47.4 Å². The van der Waals surface area contributed by atoms with Crippen molar-refractivity contribution in [2.24, 2.45) is 0 Å². The minimum absolute atomic E-state index is 0.0451. The lowest BCUT2D eigenvalue weighted by molar-refractivity contribution is -0.0537. The van der Waals surface area contributed by atoms with Crippen molar-refractivity contribution in [1.82, 2.24) is 9.55 Å². The van der Waals surface area contributed by atoms with Crippen LogP contribution in [-0.2, 0) is 4.74 Å². The van der Waals surface area contributed by atoms with Gasteiger partial charge >= 0.3 is 0 Å². The molecule has 0 radical (unpaired) electrons. The first kappa shape index (κ1) is 17.3. The molecule has 4 N–H and O–H groups in total. The van der Waals surface area contributed by atoms with Crippen molar-refractivity contribution >= 4 is 11.8 Å². The summed E-state index contributed by atoms with van der Waals surface area (Å²) in [5, 5.41) is 39.5. The molecular weight excluding hydrogens is 328 g/mol. The number of aliphatic hydroxyl groups is 4. The van der Waals surface area contributed by atoms with E-state index in [1.807, 2.05) is 0 Å². The second-order valence-electron chi connectivity index (χ2n) is 5.66. The Morgan fingerprint density at radius 3 is 2.56 bits per heavy atom. The number of aliphatic hydroxyl groups excluding tert-OH is 4. The minimum atomic E-state index is -1.33. The smallest absolute Gasteiger partial charge is 0.273 e. The first-order valence-corrected chi connectivity index (χ1v) is 7.69. The van der Waals surface area contributed by atoms with Gasteiger partial charge < -0.3 is 29.7 Å². The van der Waals surface area contributed by atoms with Gasteiger partial charge in [0.25, 0.3) is 5.56 Å². The number of aromatic nitrogens is 2. The highest BCUT2D eigenvalue weighted by atomic mass is 16.6. The van der Waals surface area contributed by atoms with E-state index in [0.29, 0.717) is 5.56 Å². The van der Waals surface area contributed by atoms with Crippen LogP contribution in [0.2, 0.25) is 0 Å². The minimum Gasteiger partial charge on any atom is -0.507 e. The van der Waals surface area contributed by atoms with Gasteiger partial charge in [-0.15, -0.1) is 0 Å². The summed E-state index contributed by atoms with van der Waals surface area (Å²) in [5.74, 6) is -0.0807. The highest BCUT2D eigenvalue weighted by Crippen LogP contribution is 2.30. The maximum Gasteiger partial charge on any atom is 0.273 e. The molecular formula is C17H18N2O6. The van der Waals surface area contributed by atoms with Crippen LogP contribution in [0, 0.1) is 0 Å². The molecule has 4 atom stereocenters. The third-order valence-electron chi connectivity index (χ3n) is 3.99. The fourth-order valence-corrected chi connectivity index (χ4v) is 2.67. The molecule has 0 amide bonds. The summed E-state index contributed by atoms with van der Waals surface area (Å²) < 4.78 is 6.77. The summed E-state index contributed by atoms with van der Waals surface area (Å²) in [6.45, 7) is -0.469. The lowest BCUT2D eigenvalue weighted by Crippen LogP contribution is -2.33. The second-order valence-corrected chi connectivity index (χ2v) is 5.66. The molecule has 25 heavy (non-hydrogen) atoms. The maximum absolute atomic E-state index is 11.6. The van der Waals surface area contributed by atoms with Gasteiger partial charge in [-0.05, 0) is 0 Å². The fraction of sp³-hybridized carbons (Fsp3) is 0.294. The second kappa shape index (κ2) is 7.16. The molecule has 8 nitrogen and oxygen atoms in total. The largest absolute Gasteiger partial charge is 0.507 e. The van der Waals surface area contributed by atoms with E-state index in [1.165, 1.54) is 22.9 Å². The lowest BCUT2D eigenvalue weighted by Gasteiger charge is -2.20. The van der Waals surface area contributed by atoms with E-state index < -0.39 is 36.7 Å². The molecule has 4 unspecified atom stereocenters. The average Bonchev–Trinajstić information content (AvgIpc) is 2.91. The van der Waals surface area contributed by atoms with Crippen molar-refractivity contribution < 1.29 is 25.2 Å². The number of benzene rings is 1. The fourth-order valence-electron chi connectivity index (χ4n) is 2.67. The van der Waals surface area contributed by atoms with Crippen LogP contribution in [0.5, 0.6) is 0 Å². The Hall–Kier alpha value is -2.52. The molecule has 1 aromatic carbocycles. The van der Waals surface area contributed by atoms with E-state index in [-0.39, 0.29) is 11.6 Å². The van der Waals surface area contributed by atoms with Gasteiger partial charge in [-0.2, -0.15) is 4.98 Å². The van der Waals surface area contributed by atoms with Gasteiger partial charge in [-0.1, -0.05) is 30.3 Å². The third-order valence-corrected chi connectivity index (χ3v) is 3.99. The predicted molar refractivity (Wildman–Crippen MR) is 88.4 cm³/mol. The molecule has 1 aliphatic heterocycles. The molecule has 0 bridgehead atoms. The molecule has 3 rings (SSSR count). The van der Waals surface area contributed by atoms with E-state index in [4.69, 9.17) is 4.74 Å². The number of hydrogen-bond donors (Lipinski definition) is 4. The molecule has 8 heteroatoms. The number of rotatable bonds is 4. The Labute approximate surface area is 142 Å². The standard InChI is InChI=1S/C17H18N2O6/c20-9-12-15(23)16(24)17(25-12)19-7-6-14(22)18-13(19)8-11(21)10-4-2-1-3-5-10/h1-8,12,15-17,20-21,23-24H,9H2. The monoisotopic (exact) mass is 346 g/mol. The van der Waals surface area contributed by atoms with Crippen molar-refractivity contribution in [3.8, 4) is 0 Å². The van der Waals surface area contributed by atoms with E-state index >= 15 is 0 Å². The first-order chi connectivity index (χ1) is 12.0. The van der Waals surface area contributed by atoms with Gasteiger partial charge in [0.15, 0.2) is 6.23 Å². The Bertz CT molecular complexity index is 819. The highest BCUT2D eigenvalue weighted by Gasteiger charge is 2.43. The van der Waals surface area contributed by atoms with Gasteiger partial charge in [-0.3, -0.25) is 4.79 Å². The predicted octanol–water partition coefficient (Wildman–Crippen LogP) is -0.0891. The molecule has 1 saturated heterocycles. The Kier molecular flexibility index (Phi) is 4.95. The van der Waals surface area contributed by atoms with Gasteiger partial charge in [0, 0.05) is 23.9 Å². The zero-order chi connectivity index (χ0) is 18.0. The van der Waals surface area contributed by atoms with Crippen molar-refractivity contribution in [1.29, 1.82) is 0 Å². The first-order valence-electron chi connectivity index (χ1n) is 7.69. The van der Waals surface area contributed by atoms with Crippen LogP contribution in [0.3, 0.4) is 0 Å². The third kappa shape index (κ3) is 3.47. The molecule has 1 aromatic heterocycles. The van der Waals surface area contributed by atoms with Gasteiger partial charge in [0.2, 0.25) is 0 Å². The van der Waals surface area contributed by atoms with Crippen LogP contribution >= 0.6 is 0 Å². The number of ether oxygens (including phenoxy) is 1. The molecule has 0 aliphatic carbocycles. The van der Waals surface area contributed by atoms with E-state index in [1.54, 1.807) is 30.3 Å². The highest BCUT2D eigenvalue weighted by molar-refractivity contribution is 5.74. The van der Waals surface area contributed by atoms with Crippen molar-refractivity contribution in [3.05, 3.63) is 64.3 Å². The number of nitrogens with zero attached hydrogens (tertiary/aromatic N) is 2. The Morgan fingerprint density at radius 1 is 1.20 bits per heavy atom. The zero-order valence-electron chi connectivity index (χ0n) is 13.1. The maximum atomic E-state index is 11.6. The van der Waals surface area contributed by atoms with E-state index in [9.17, 15) is 25.2 Å². The quantitative estimate of drug-likeness (QED) is 0.570. The molecule has 1 fully saturated rings. The lowest BCUT2D eigenvalue weighted by atomic mass is 10.1. The zero-order valence-corrected chi connectivity index (χ0v) is 13.1. The van der Waals surface area contributed by atoms with E-state index in [0.717, 1.165) is 0 Å². The molecule has 0 spiro atoms. The topological polar surface area (TPSA) is 125 Å². The van der Waals surface area contributed by atoms with Crippen molar-refractivity contribution in [2.75, 3.05) is 6.61 Å². The van der Waals surface area contributed by atoms with Crippen molar-refractivity contribution in [2.45, 2.75) is 24.5 Å². The molecule has 2 heterocycles. The van der Waals surface area contributed by atoms with Crippen LogP contribution in [0.1, 0.15) is 17.6 Å². The van der Waals surface area contributed by atoms with E-state index in [2.05, 4.69) is 4.98 Å². The van der Waals surface area contributed by atoms with Crippen LogP contribution < -0.4 is 5.56 Å². The summed E-state index contributed by atoms with van der Waals surface area (Å²) >= 11 is 0. The van der Waals surface area contributed by atoms with Gasteiger partial charge in [0.1, 0.15) is 29.9 Å². The summed E-state index contributed by atoms with van der Waals surface area (Å²) in [7, 11) is 0. The number of hydrogen-bond acceptors (Lipinski definition) is 7. The van der Waals surface area contributed by atoms with Crippen LogP contribution in [0.4, 0.5) is 0 Å². The van der Waals surface area contributed by atoms with Gasteiger partial charge in [0.05, 0.1) is 6.61 Å². The summed E-state index contributed by atoms with van der Waals surface area (Å²) in [6.07, 6.45) is -2.01. The van der Waals surface area contributed by atoms with Gasteiger partial charge in [-0.25, -0.2) is 0 Å². The Morgan fingerprint density at radius 2 is 1.92 bits per heavy atom. The summed E-state index contributed by atoms with van der Waals surface area (Å²) in [5.41, 5.74) is -0.0107. The molecule has 0 saturated carbocycles. The van der Waals surface area contributed by atoms with Crippen LogP contribution in [-0.4, -0.2) is 54.9 Å². The SMILES string of the molecule is O=c1ccn(C2OC(CO)C(O)C2O)c(C=C(O)c2ccccc2)n1. The summed E-state index contributed by atoms with van der Waals surface area (Å²) in [4.78, 5) is 15.4. The average molecular weight is 346 g/mol. The van der Waals surface area contributed by atoms with Crippen molar-refractivity contribution in [3.63, 3.8) is 0 Å². The van der Waals surface area contributed by atoms with Crippen LogP contribution in [0.25, 0.3) is 11.8 Å².